The topological polar surface area (TPSA) is 78.5 Å². The van der Waals surface area contributed by atoms with E-state index in [1.807, 2.05) is 11.9 Å². The Labute approximate surface area is 102 Å². The van der Waals surface area contributed by atoms with Gasteiger partial charge in [-0.2, -0.15) is 0 Å². The molecular weight excluding hydrogens is 242 g/mol. The third-order valence-electron chi connectivity index (χ3n) is 3.39. The Morgan fingerprint density at radius 1 is 1.47 bits per heavy atom. The number of amides is 1. The molecule has 0 saturated carbocycles. The molecule has 0 aromatic rings. The van der Waals surface area contributed by atoms with Gasteiger partial charge in [-0.05, 0) is 13.5 Å². The molecule has 0 aromatic carbocycles. The number of carbonyl (C=O) groups is 1. The van der Waals surface area contributed by atoms with E-state index in [1.54, 1.807) is 0 Å². The molecule has 2 rings (SSSR count). The summed E-state index contributed by atoms with van der Waals surface area (Å²) in [6.07, 6.45) is 0.540. The van der Waals surface area contributed by atoms with Gasteiger partial charge in [0.15, 0.2) is 9.84 Å². The second kappa shape index (κ2) is 4.91. The fraction of sp³-hybridized carbons (Fsp3) is 0.900. The van der Waals surface area contributed by atoms with Crippen LogP contribution in [0.2, 0.25) is 0 Å². The van der Waals surface area contributed by atoms with Gasteiger partial charge in [0.05, 0.1) is 11.5 Å². The van der Waals surface area contributed by atoms with Gasteiger partial charge in [0.1, 0.15) is 6.04 Å². The van der Waals surface area contributed by atoms with Crippen LogP contribution in [0.15, 0.2) is 0 Å². The van der Waals surface area contributed by atoms with Crippen LogP contribution in [-0.4, -0.2) is 69.5 Å². The van der Waals surface area contributed by atoms with Gasteiger partial charge in [-0.25, -0.2) is 8.42 Å². The van der Waals surface area contributed by atoms with E-state index in [0.717, 1.165) is 13.1 Å². The minimum absolute atomic E-state index is 0.0678. The average Bonchev–Trinajstić information content (AvgIpc) is 2.58. The molecule has 2 saturated heterocycles. The van der Waals surface area contributed by atoms with Crippen LogP contribution in [0.4, 0.5) is 0 Å². The predicted octanol–water partition coefficient (Wildman–Crippen LogP) is -1.81. The van der Waals surface area contributed by atoms with Crippen molar-refractivity contribution in [2.45, 2.75) is 18.5 Å². The molecule has 6 nitrogen and oxygen atoms in total. The molecule has 0 aromatic heterocycles. The van der Waals surface area contributed by atoms with Crippen LogP contribution in [0, 0.1) is 0 Å². The molecular formula is C10H19N3O3S. The minimum atomic E-state index is -2.93. The van der Waals surface area contributed by atoms with Gasteiger partial charge in [0.25, 0.3) is 0 Å². The Kier molecular flexibility index (Phi) is 3.70. The molecule has 0 radical (unpaired) electrons. The zero-order chi connectivity index (χ0) is 12.5. The average molecular weight is 261 g/mol. The van der Waals surface area contributed by atoms with Gasteiger partial charge in [-0.3, -0.25) is 9.69 Å². The van der Waals surface area contributed by atoms with Crippen molar-refractivity contribution in [1.82, 2.24) is 15.5 Å². The van der Waals surface area contributed by atoms with Crippen LogP contribution in [0.1, 0.15) is 6.42 Å². The van der Waals surface area contributed by atoms with E-state index in [0.29, 0.717) is 13.0 Å². The van der Waals surface area contributed by atoms with Crippen molar-refractivity contribution in [1.29, 1.82) is 0 Å². The van der Waals surface area contributed by atoms with Crippen LogP contribution in [0.5, 0.6) is 0 Å². The number of likely N-dealkylation sites (N-methyl/N-ethyl adjacent to an activating group) is 1. The highest BCUT2D eigenvalue weighted by Gasteiger charge is 2.32. The summed E-state index contributed by atoms with van der Waals surface area (Å²) < 4.78 is 22.6. The van der Waals surface area contributed by atoms with E-state index in [-0.39, 0.29) is 29.5 Å². The number of nitrogens with zero attached hydrogens (tertiary/aromatic N) is 1. The first-order valence-electron chi connectivity index (χ1n) is 5.90. The lowest BCUT2D eigenvalue weighted by molar-refractivity contribution is -0.127. The molecule has 2 N–H and O–H groups in total. The summed E-state index contributed by atoms with van der Waals surface area (Å²) in [6, 6.07) is -0.394. The highest BCUT2D eigenvalue weighted by atomic mass is 32.2. The van der Waals surface area contributed by atoms with E-state index in [2.05, 4.69) is 10.6 Å². The van der Waals surface area contributed by atoms with E-state index in [4.69, 9.17) is 0 Å². The van der Waals surface area contributed by atoms with Crippen molar-refractivity contribution in [2.75, 3.05) is 38.2 Å². The van der Waals surface area contributed by atoms with Gasteiger partial charge < -0.3 is 10.6 Å². The minimum Gasteiger partial charge on any atom is -0.351 e. The van der Waals surface area contributed by atoms with Crippen LogP contribution in [0.3, 0.4) is 0 Å². The van der Waals surface area contributed by atoms with Crippen LogP contribution < -0.4 is 10.6 Å². The van der Waals surface area contributed by atoms with Crippen molar-refractivity contribution in [3.8, 4) is 0 Å². The molecule has 0 spiro atoms. The number of carbonyl (C=O) groups excluding carboxylic acids is 1. The Bertz CT molecular complexity index is 396. The molecule has 98 valence electrons. The number of hydrogen-bond acceptors (Lipinski definition) is 5. The second-order valence-corrected chi connectivity index (χ2v) is 7.04. The first-order chi connectivity index (χ1) is 7.98. The van der Waals surface area contributed by atoms with Crippen molar-refractivity contribution in [2.24, 2.45) is 0 Å². The quantitative estimate of drug-likeness (QED) is 0.613. The van der Waals surface area contributed by atoms with Crippen LogP contribution in [0.25, 0.3) is 0 Å². The number of piperazine rings is 1. The molecule has 2 fully saturated rings. The Balaban J connectivity index is 1.89. The van der Waals surface area contributed by atoms with Gasteiger partial charge in [0.2, 0.25) is 5.91 Å². The summed E-state index contributed by atoms with van der Waals surface area (Å²) in [5, 5.41) is 6.00. The first kappa shape index (κ1) is 12.8. The molecule has 0 aliphatic carbocycles. The molecule has 2 aliphatic heterocycles. The molecule has 17 heavy (non-hydrogen) atoms. The number of sulfone groups is 1. The summed E-state index contributed by atoms with van der Waals surface area (Å²) in [6.45, 7) is 2.35. The first-order valence-corrected chi connectivity index (χ1v) is 7.72. The Hall–Kier alpha value is -0.660. The maximum atomic E-state index is 12.0. The zero-order valence-corrected chi connectivity index (χ0v) is 10.8. The SMILES string of the molecule is CN1CCNCC1C(=O)NC1CCS(=O)(=O)C1. The lowest BCUT2D eigenvalue weighted by atomic mass is 10.1. The highest BCUT2D eigenvalue weighted by molar-refractivity contribution is 7.91. The summed E-state index contributed by atoms with van der Waals surface area (Å²) in [4.78, 5) is 14.0. The molecule has 0 bridgehead atoms. The van der Waals surface area contributed by atoms with Crippen LogP contribution >= 0.6 is 0 Å². The largest absolute Gasteiger partial charge is 0.351 e. The standard InChI is InChI=1S/C10H19N3O3S/c1-13-4-3-11-6-9(13)10(14)12-8-2-5-17(15,16)7-8/h8-9,11H,2-7H2,1H3,(H,12,14). The van der Waals surface area contributed by atoms with Gasteiger partial charge in [-0.1, -0.05) is 0 Å². The molecule has 2 heterocycles. The number of nitrogens with one attached hydrogen (secondary N) is 2. The van der Waals surface area contributed by atoms with E-state index >= 15 is 0 Å². The predicted molar refractivity (Wildman–Crippen MR) is 64.5 cm³/mol. The van der Waals surface area contributed by atoms with Crippen LogP contribution in [-0.2, 0) is 14.6 Å². The maximum absolute atomic E-state index is 12.0. The third-order valence-corrected chi connectivity index (χ3v) is 5.16. The molecule has 1 amide bonds. The monoisotopic (exact) mass is 261 g/mol. The lowest BCUT2D eigenvalue weighted by Gasteiger charge is -2.32. The maximum Gasteiger partial charge on any atom is 0.238 e. The second-order valence-electron chi connectivity index (χ2n) is 4.81. The summed E-state index contributed by atoms with van der Waals surface area (Å²) in [5.41, 5.74) is 0. The van der Waals surface area contributed by atoms with E-state index in [1.165, 1.54) is 0 Å². The normalized spacial score (nSPS) is 33.5. The van der Waals surface area contributed by atoms with E-state index < -0.39 is 9.84 Å². The Morgan fingerprint density at radius 2 is 2.24 bits per heavy atom. The number of rotatable bonds is 2. The fourth-order valence-electron chi connectivity index (χ4n) is 2.30. The van der Waals surface area contributed by atoms with Crippen molar-refractivity contribution in [3.63, 3.8) is 0 Å². The molecule has 7 heteroatoms. The number of hydrogen-bond donors (Lipinski definition) is 2. The molecule has 2 aliphatic rings. The lowest BCUT2D eigenvalue weighted by Crippen LogP contribution is -2.57. The molecule has 2 unspecified atom stereocenters. The summed E-state index contributed by atoms with van der Waals surface area (Å²) in [7, 11) is -1.02. The highest BCUT2D eigenvalue weighted by Crippen LogP contribution is 2.12. The zero-order valence-electron chi connectivity index (χ0n) is 9.98. The molecule has 2 atom stereocenters. The van der Waals surface area contributed by atoms with E-state index in [9.17, 15) is 13.2 Å². The van der Waals surface area contributed by atoms with Crippen molar-refractivity contribution >= 4 is 15.7 Å². The van der Waals surface area contributed by atoms with Crippen molar-refractivity contribution in [3.05, 3.63) is 0 Å². The van der Waals surface area contributed by atoms with Gasteiger partial charge in [-0.15, -0.1) is 0 Å². The third kappa shape index (κ3) is 3.17. The van der Waals surface area contributed by atoms with Crippen molar-refractivity contribution < 1.29 is 13.2 Å². The van der Waals surface area contributed by atoms with Gasteiger partial charge in [0, 0.05) is 25.7 Å². The van der Waals surface area contributed by atoms with Gasteiger partial charge >= 0.3 is 0 Å². The summed E-state index contributed by atoms with van der Waals surface area (Å²) in [5.74, 6) is 0.209. The fourth-order valence-corrected chi connectivity index (χ4v) is 3.98. The summed E-state index contributed by atoms with van der Waals surface area (Å²) >= 11 is 0. The Morgan fingerprint density at radius 3 is 2.82 bits per heavy atom. The smallest absolute Gasteiger partial charge is 0.238 e.